The number of rotatable bonds is 8. The second kappa shape index (κ2) is 10.7. The summed E-state index contributed by atoms with van der Waals surface area (Å²) in [5, 5.41) is 5.67. The molecular formula is C23H29N3O5S. The van der Waals surface area contributed by atoms with Crippen LogP contribution in [0.25, 0.3) is 0 Å². The Balaban J connectivity index is 1.57. The fourth-order valence-electron chi connectivity index (χ4n) is 3.32. The molecule has 9 heteroatoms. The highest BCUT2D eigenvalue weighted by atomic mass is 32.2. The summed E-state index contributed by atoms with van der Waals surface area (Å²) >= 11 is 0. The van der Waals surface area contributed by atoms with Crippen LogP contribution < -0.4 is 10.6 Å². The molecule has 2 amide bonds. The number of ether oxygens (including phenoxy) is 1. The van der Waals surface area contributed by atoms with Crippen molar-refractivity contribution in [1.29, 1.82) is 0 Å². The molecule has 3 rings (SSSR count). The van der Waals surface area contributed by atoms with Gasteiger partial charge >= 0.3 is 0 Å². The van der Waals surface area contributed by atoms with Gasteiger partial charge in [0.2, 0.25) is 21.8 Å². The molecule has 1 aliphatic rings. The SMILES string of the molecule is CCC(=O)Nc1ccc(C)c(NC(=O)CCc2ccc(S(=O)(=O)N3CCOCC3)cc2)c1. The monoisotopic (exact) mass is 459 g/mol. The minimum atomic E-state index is -3.53. The zero-order valence-electron chi connectivity index (χ0n) is 18.4. The van der Waals surface area contributed by atoms with Crippen LogP contribution >= 0.6 is 0 Å². The van der Waals surface area contributed by atoms with Crippen LogP contribution in [0.4, 0.5) is 11.4 Å². The topological polar surface area (TPSA) is 105 Å². The van der Waals surface area contributed by atoms with Crippen molar-refractivity contribution in [2.75, 3.05) is 36.9 Å². The van der Waals surface area contributed by atoms with Crippen LogP contribution in [0.3, 0.4) is 0 Å². The molecule has 1 heterocycles. The highest BCUT2D eigenvalue weighted by molar-refractivity contribution is 7.89. The number of carbonyl (C=O) groups excluding carboxylic acids is 2. The van der Waals surface area contributed by atoms with Crippen LogP contribution in [0.15, 0.2) is 47.4 Å². The van der Waals surface area contributed by atoms with Gasteiger partial charge in [0.1, 0.15) is 0 Å². The fraction of sp³-hybridized carbons (Fsp3) is 0.391. The van der Waals surface area contributed by atoms with Crippen molar-refractivity contribution in [2.45, 2.75) is 38.0 Å². The number of benzene rings is 2. The summed E-state index contributed by atoms with van der Waals surface area (Å²) < 4.78 is 32.0. The van der Waals surface area contributed by atoms with E-state index in [0.717, 1.165) is 11.1 Å². The normalized spacial score (nSPS) is 14.7. The van der Waals surface area contributed by atoms with Crippen molar-refractivity contribution in [3.8, 4) is 0 Å². The molecule has 0 radical (unpaired) electrons. The number of morpholine rings is 1. The molecule has 32 heavy (non-hydrogen) atoms. The fourth-order valence-corrected chi connectivity index (χ4v) is 4.73. The van der Waals surface area contributed by atoms with E-state index < -0.39 is 10.0 Å². The third kappa shape index (κ3) is 6.15. The molecule has 0 aromatic heterocycles. The first-order valence-corrected chi connectivity index (χ1v) is 12.1. The molecule has 172 valence electrons. The van der Waals surface area contributed by atoms with Crippen LogP contribution in [-0.4, -0.2) is 50.8 Å². The van der Waals surface area contributed by atoms with E-state index in [-0.39, 0.29) is 23.1 Å². The number of aryl methyl sites for hydroxylation is 2. The molecule has 8 nitrogen and oxygen atoms in total. The molecule has 2 N–H and O–H groups in total. The second-order valence-electron chi connectivity index (χ2n) is 7.64. The molecule has 1 saturated heterocycles. The summed E-state index contributed by atoms with van der Waals surface area (Å²) in [4.78, 5) is 24.3. The van der Waals surface area contributed by atoms with Crippen molar-refractivity contribution >= 4 is 33.2 Å². The number of anilines is 2. The lowest BCUT2D eigenvalue weighted by Gasteiger charge is -2.26. The second-order valence-corrected chi connectivity index (χ2v) is 9.58. The quantitative estimate of drug-likeness (QED) is 0.632. The predicted octanol–water partition coefficient (Wildman–Crippen LogP) is 2.94. The van der Waals surface area contributed by atoms with E-state index in [1.54, 1.807) is 43.3 Å². The number of carbonyl (C=O) groups is 2. The van der Waals surface area contributed by atoms with Gasteiger partial charge in [-0.15, -0.1) is 0 Å². The summed E-state index contributed by atoms with van der Waals surface area (Å²) in [5.74, 6) is -0.248. The van der Waals surface area contributed by atoms with E-state index >= 15 is 0 Å². The molecule has 2 aromatic rings. The summed E-state index contributed by atoms with van der Waals surface area (Å²) in [6.07, 6.45) is 1.11. The molecule has 1 aliphatic heterocycles. The number of sulfonamides is 1. The van der Waals surface area contributed by atoms with Crippen LogP contribution in [-0.2, 0) is 30.8 Å². The van der Waals surface area contributed by atoms with Gasteiger partial charge < -0.3 is 15.4 Å². The van der Waals surface area contributed by atoms with Gasteiger partial charge in [0.15, 0.2) is 0 Å². The summed E-state index contributed by atoms with van der Waals surface area (Å²) in [5.41, 5.74) is 3.05. The van der Waals surface area contributed by atoms with Crippen LogP contribution in [0.2, 0.25) is 0 Å². The Morgan fingerprint density at radius 3 is 2.34 bits per heavy atom. The smallest absolute Gasteiger partial charge is 0.243 e. The average molecular weight is 460 g/mol. The Morgan fingerprint density at radius 2 is 1.69 bits per heavy atom. The first-order chi connectivity index (χ1) is 15.3. The number of nitrogens with zero attached hydrogens (tertiary/aromatic N) is 1. The van der Waals surface area contributed by atoms with E-state index in [0.29, 0.717) is 50.5 Å². The largest absolute Gasteiger partial charge is 0.379 e. The molecule has 0 saturated carbocycles. The highest BCUT2D eigenvalue weighted by Gasteiger charge is 2.26. The number of hydrogen-bond acceptors (Lipinski definition) is 5. The van der Waals surface area contributed by atoms with E-state index in [4.69, 9.17) is 4.74 Å². The van der Waals surface area contributed by atoms with Crippen molar-refractivity contribution in [3.05, 3.63) is 53.6 Å². The molecule has 0 aliphatic carbocycles. The van der Waals surface area contributed by atoms with E-state index in [1.807, 2.05) is 13.0 Å². The minimum Gasteiger partial charge on any atom is -0.379 e. The first kappa shape index (κ1) is 23.9. The van der Waals surface area contributed by atoms with E-state index in [1.165, 1.54) is 4.31 Å². The molecule has 2 aromatic carbocycles. The standard InChI is InChI=1S/C23H29N3O5S/c1-3-22(27)24-19-8-4-17(2)21(16-19)25-23(28)11-7-18-5-9-20(10-6-18)32(29,30)26-12-14-31-15-13-26/h4-6,8-10,16H,3,7,11-15H2,1-2H3,(H,24,27)(H,25,28). The maximum absolute atomic E-state index is 12.7. The third-order valence-electron chi connectivity index (χ3n) is 5.29. The highest BCUT2D eigenvalue weighted by Crippen LogP contribution is 2.22. The maximum Gasteiger partial charge on any atom is 0.243 e. The Morgan fingerprint density at radius 1 is 1.00 bits per heavy atom. The first-order valence-electron chi connectivity index (χ1n) is 10.7. The summed E-state index contributed by atoms with van der Waals surface area (Å²) in [6, 6.07) is 12.0. The third-order valence-corrected chi connectivity index (χ3v) is 7.20. The van der Waals surface area contributed by atoms with Crippen molar-refractivity contribution in [2.24, 2.45) is 0 Å². The van der Waals surface area contributed by atoms with Gasteiger partial charge in [-0.05, 0) is 48.7 Å². The molecule has 0 bridgehead atoms. The molecule has 1 fully saturated rings. The van der Waals surface area contributed by atoms with Crippen LogP contribution in [0.1, 0.15) is 30.9 Å². The molecular weight excluding hydrogens is 430 g/mol. The average Bonchev–Trinajstić information content (AvgIpc) is 2.80. The number of hydrogen-bond donors (Lipinski definition) is 2. The van der Waals surface area contributed by atoms with Gasteiger partial charge in [-0.1, -0.05) is 25.1 Å². The van der Waals surface area contributed by atoms with Crippen molar-refractivity contribution in [1.82, 2.24) is 4.31 Å². The van der Waals surface area contributed by atoms with Gasteiger partial charge in [0.05, 0.1) is 18.1 Å². The number of amides is 2. The van der Waals surface area contributed by atoms with Gasteiger partial charge in [0.25, 0.3) is 0 Å². The Hall–Kier alpha value is -2.75. The minimum absolute atomic E-state index is 0.0924. The Kier molecular flexibility index (Phi) is 8.00. The Labute approximate surface area is 189 Å². The summed E-state index contributed by atoms with van der Waals surface area (Å²) in [7, 11) is -3.53. The van der Waals surface area contributed by atoms with Gasteiger partial charge in [0, 0.05) is 37.3 Å². The zero-order chi connectivity index (χ0) is 23.1. The lowest BCUT2D eigenvalue weighted by Crippen LogP contribution is -2.40. The molecule has 0 spiro atoms. The lowest BCUT2D eigenvalue weighted by molar-refractivity contribution is -0.116. The van der Waals surface area contributed by atoms with Crippen LogP contribution in [0, 0.1) is 6.92 Å². The lowest BCUT2D eigenvalue weighted by atomic mass is 10.1. The molecule has 0 unspecified atom stereocenters. The van der Waals surface area contributed by atoms with Crippen molar-refractivity contribution in [3.63, 3.8) is 0 Å². The Bertz CT molecular complexity index is 1060. The van der Waals surface area contributed by atoms with E-state index in [9.17, 15) is 18.0 Å². The van der Waals surface area contributed by atoms with Gasteiger partial charge in [-0.25, -0.2) is 8.42 Å². The summed E-state index contributed by atoms with van der Waals surface area (Å²) in [6.45, 7) is 5.17. The molecule has 0 atom stereocenters. The van der Waals surface area contributed by atoms with Crippen molar-refractivity contribution < 1.29 is 22.7 Å². The van der Waals surface area contributed by atoms with E-state index in [2.05, 4.69) is 10.6 Å². The van der Waals surface area contributed by atoms with Gasteiger partial charge in [-0.2, -0.15) is 4.31 Å². The van der Waals surface area contributed by atoms with Crippen LogP contribution in [0.5, 0.6) is 0 Å². The zero-order valence-corrected chi connectivity index (χ0v) is 19.2. The maximum atomic E-state index is 12.7. The number of nitrogens with one attached hydrogen (secondary N) is 2. The van der Waals surface area contributed by atoms with Gasteiger partial charge in [-0.3, -0.25) is 9.59 Å². The predicted molar refractivity (Wildman–Crippen MR) is 123 cm³/mol.